The van der Waals surface area contributed by atoms with Crippen molar-refractivity contribution in [2.75, 3.05) is 37.8 Å². The molecular weight excluding hydrogens is 462 g/mol. The number of anilines is 2. The van der Waals surface area contributed by atoms with Gasteiger partial charge in [0.25, 0.3) is 5.91 Å². The second-order valence-electron chi connectivity index (χ2n) is 8.06. The van der Waals surface area contributed by atoms with Crippen LogP contribution >= 0.6 is 0 Å². The van der Waals surface area contributed by atoms with Crippen LogP contribution in [0, 0.1) is 0 Å². The number of aliphatic imine (C=N–C) groups is 1. The number of carbonyl (C=O) groups excluding carboxylic acids is 3. The molecule has 0 radical (unpaired) electrons. The van der Waals surface area contributed by atoms with Crippen LogP contribution in [0.4, 0.5) is 16.2 Å². The van der Waals surface area contributed by atoms with E-state index in [1.54, 1.807) is 67.5 Å². The highest BCUT2D eigenvalue weighted by atomic mass is 16.3. The summed E-state index contributed by atoms with van der Waals surface area (Å²) < 4.78 is 0. The quantitative estimate of drug-likeness (QED) is 0.208. The molecule has 11 heteroatoms. The molecule has 1 fully saturated rings. The second kappa shape index (κ2) is 12.9. The Balaban J connectivity index is 0.000000269. The number of primary amides is 1. The minimum Gasteiger partial charge on any atom is -0.383 e. The van der Waals surface area contributed by atoms with Gasteiger partial charge >= 0.3 is 6.03 Å². The number of hydrogen-bond donors (Lipinski definition) is 6. The number of benzene rings is 2. The van der Waals surface area contributed by atoms with E-state index in [2.05, 4.69) is 27.5 Å². The number of piperidine rings is 1. The second-order valence-corrected chi connectivity index (χ2v) is 8.06. The molecule has 0 aliphatic carbocycles. The number of hydrogen-bond acceptors (Lipinski definition) is 5. The van der Waals surface area contributed by atoms with Crippen molar-refractivity contribution in [2.45, 2.75) is 18.4 Å². The predicted molar refractivity (Wildman–Crippen MR) is 141 cm³/mol. The van der Waals surface area contributed by atoms with Gasteiger partial charge in [-0.1, -0.05) is 18.7 Å². The van der Waals surface area contributed by atoms with Gasteiger partial charge in [-0.05, 0) is 60.9 Å². The summed E-state index contributed by atoms with van der Waals surface area (Å²) in [5.41, 5.74) is 12.1. The van der Waals surface area contributed by atoms with E-state index >= 15 is 0 Å². The summed E-state index contributed by atoms with van der Waals surface area (Å²) in [6.45, 7) is 4.33. The summed E-state index contributed by atoms with van der Waals surface area (Å²) in [7, 11) is 3.19. The lowest BCUT2D eigenvalue weighted by Crippen LogP contribution is -2.48. The van der Waals surface area contributed by atoms with Crippen LogP contribution in [0.15, 0.2) is 66.2 Å². The van der Waals surface area contributed by atoms with Crippen molar-refractivity contribution < 1.29 is 19.5 Å². The first-order valence-corrected chi connectivity index (χ1v) is 11.2. The lowest BCUT2D eigenvalue weighted by Gasteiger charge is -2.39. The Morgan fingerprint density at radius 1 is 1.06 bits per heavy atom. The maximum absolute atomic E-state index is 11.7. The molecule has 1 saturated heterocycles. The third-order valence-electron chi connectivity index (χ3n) is 5.53. The number of guanidine groups is 1. The Labute approximate surface area is 210 Å². The van der Waals surface area contributed by atoms with Crippen LogP contribution in [-0.2, 0) is 10.4 Å². The molecule has 11 nitrogen and oxygen atoms in total. The molecule has 3 rings (SSSR count). The summed E-state index contributed by atoms with van der Waals surface area (Å²) in [6, 6.07) is 13.1. The lowest BCUT2D eigenvalue weighted by molar-refractivity contribution is -0.133. The van der Waals surface area contributed by atoms with E-state index in [-0.39, 0.29) is 18.4 Å². The van der Waals surface area contributed by atoms with Gasteiger partial charge in [0.2, 0.25) is 5.91 Å². The molecule has 1 aliphatic rings. The molecule has 1 heterocycles. The fraction of sp³-hybridized carbons (Fsp3) is 0.280. The average Bonchev–Trinajstić information content (AvgIpc) is 2.88. The van der Waals surface area contributed by atoms with E-state index in [0.717, 1.165) is 12.1 Å². The van der Waals surface area contributed by atoms with Crippen molar-refractivity contribution in [1.29, 1.82) is 0 Å². The number of carbonyl (C=O) groups is 3. The first-order chi connectivity index (χ1) is 17.1. The number of nitrogens with one attached hydrogen (secondary N) is 3. The van der Waals surface area contributed by atoms with Gasteiger partial charge in [0.15, 0.2) is 5.96 Å². The lowest BCUT2D eigenvalue weighted by atomic mass is 9.85. The van der Waals surface area contributed by atoms with Crippen LogP contribution in [0.1, 0.15) is 28.8 Å². The minimum atomic E-state index is -1.08. The van der Waals surface area contributed by atoms with Crippen LogP contribution in [0.5, 0.6) is 0 Å². The van der Waals surface area contributed by atoms with Gasteiger partial charge in [-0.3, -0.25) is 14.6 Å². The Kier molecular flexibility index (Phi) is 9.99. The molecule has 1 aliphatic heterocycles. The van der Waals surface area contributed by atoms with Crippen molar-refractivity contribution in [2.24, 2.45) is 16.5 Å². The highest BCUT2D eigenvalue weighted by molar-refractivity contribution is 5.96. The molecular formula is C25H33N7O4. The highest BCUT2D eigenvalue weighted by Crippen LogP contribution is 2.32. The largest absolute Gasteiger partial charge is 0.383 e. The van der Waals surface area contributed by atoms with Crippen molar-refractivity contribution in [3.05, 3.63) is 72.3 Å². The van der Waals surface area contributed by atoms with E-state index < -0.39 is 11.6 Å². The van der Waals surface area contributed by atoms with Crippen molar-refractivity contribution in [1.82, 2.24) is 10.2 Å². The summed E-state index contributed by atoms with van der Waals surface area (Å²) in [5, 5.41) is 18.7. The van der Waals surface area contributed by atoms with Gasteiger partial charge in [-0.25, -0.2) is 4.79 Å². The van der Waals surface area contributed by atoms with Gasteiger partial charge in [-0.2, -0.15) is 0 Å². The van der Waals surface area contributed by atoms with Crippen LogP contribution < -0.4 is 27.4 Å². The molecule has 192 valence electrons. The Morgan fingerprint density at radius 2 is 1.64 bits per heavy atom. The Morgan fingerprint density at radius 3 is 2.17 bits per heavy atom. The molecule has 0 aromatic heterocycles. The number of likely N-dealkylation sites (tertiary alicyclic amines) is 1. The summed E-state index contributed by atoms with van der Waals surface area (Å²) in [4.78, 5) is 39.0. The van der Waals surface area contributed by atoms with E-state index in [4.69, 9.17) is 11.5 Å². The normalized spacial score (nSPS) is 17.2. The van der Waals surface area contributed by atoms with Crippen molar-refractivity contribution in [3.63, 3.8) is 0 Å². The number of aliphatic hydroxyl groups is 1. The summed E-state index contributed by atoms with van der Waals surface area (Å²) >= 11 is 0. The van der Waals surface area contributed by atoms with E-state index in [9.17, 15) is 19.5 Å². The Bertz CT molecular complexity index is 1100. The molecule has 0 spiro atoms. The molecule has 1 atom stereocenters. The maximum atomic E-state index is 11.7. The molecule has 2 aromatic carbocycles. The van der Waals surface area contributed by atoms with Gasteiger partial charge in [-0.15, -0.1) is 0 Å². The first-order valence-electron chi connectivity index (χ1n) is 11.2. The molecule has 36 heavy (non-hydrogen) atoms. The molecule has 2 aromatic rings. The third-order valence-corrected chi connectivity index (χ3v) is 5.53. The smallest absolute Gasteiger partial charge is 0.316 e. The molecule has 4 amide bonds. The van der Waals surface area contributed by atoms with Crippen LogP contribution in [0.25, 0.3) is 0 Å². The topological polar surface area (TPSA) is 175 Å². The fourth-order valence-corrected chi connectivity index (χ4v) is 3.65. The number of amides is 4. The van der Waals surface area contributed by atoms with Gasteiger partial charge < -0.3 is 37.4 Å². The fourth-order valence-electron chi connectivity index (χ4n) is 3.65. The number of β-amino-alcohol motifs (C(OH)–C–C–N with tert-alkyl or cyclic N) is 1. The van der Waals surface area contributed by atoms with Crippen LogP contribution in [0.2, 0.25) is 0 Å². The predicted octanol–water partition coefficient (Wildman–Crippen LogP) is 1.58. The van der Waals surface area contributed by atoms with Gasteiger partial charge in [0.1, 0.15) is 5.60 Å². The maximum Gasteiger partial charge on any atom is 0.316 e. The van der Waals surface area contributed by atoms with E-state index in [0.29, 0.717) is 35.7 Å². The summed E-state index contributed by atoms with van der Waals surface area (Å²) in [5.74, 6) is 0.0431. The average molecular weight is 496 g/mol. The first kappa shape index (κ1) is 27.9. The molecule has 8 N–H and O–H groups in total. The highest BCUT2D eigenvalue weighted by Gasteiger charge is 2.36. The van der Waals surface area contributed by atoms with Crippen molar-refractivity contribution >= 4 is 35.2 Å². The van der Waals surface area contributed by atoms with Crippen molar-refractivity contribution in [3.8, 4) is 0 Å². The third kappa shape index (κ3) is 7.84. The van der Waals surface area contributed by atoms with E-state index in [1.165, 1.54) is 6.08 Å². The zero-order valence-electron chi connectivity index (χ0n) is 20.5. The monoisotopic (exact) mass is 495 g/mol. The Hall–Kier alpha value is -4.38. The molecule has 1 unspecified atom stereocenters. The van der Waals surface area contributed by atoms with E-state index in [1.807, 2.05) is 0 Å². The van der Waals surface area contributed by atoms with Crippen LogP contribution in [-0.4, -0.2) is 61.0 Å². The number of nitrogens with two attached hydrogens (primary N) is 2. The molecule has 0 bridgehead atoms. The zero-order valence-corrected chi connectivity index (χ0v) is 20.5. The number of urea groups is 1. The minimum absolute atomic E-state index is 0.112. The zero-order chi connectivity index (χ0) is 26.7. The standard InChI is InChI=1S/C15H19N3O3.C10H14N4O/c1-2-13(19)18-9-3-8-15(21,10-18)11-4-6-12(7-5-11)17-14(16)20;1-12-9(15)7-3-5-8(6-4-7)14-10(11)13-2/h2,4-7,21H,1,3,8-10H2,(H3,16,17,20);3-6H,1-2H3,(H,12,15)(H3,11,13,14). The van der Waals surface area contributed by atoms with Crippen LogP contribution in [0.3, 0.4) is 0 Å². The summed E-state index contributed by atoms with van der Waals surface area (Å²) in [6.07, 6.45) is 2.56. The molecule has 0 saturated carbocycles. The SMILES string of the molecule is C=CC(=O)N1CCCC(O)(c2ccc(NC(N)=O)cc2)C1.CN=C(N)Nc1ccc(C(=O)NC)cc1. The number of rotatable bonds is 5. The van der Waals surface area contributed by atoms with Gasteiger partial charge in [0, 0.05) is 37.6 Å². The number of nitrogens with zero attached hydrogens (tertiary/aromatic N) is 2. The van der Waals surface area contributed by atoms with Gasteiger partial charge in [0.05, 0.1) is 6.54 Å².